The molecule has 2 aromatic heterocycles. The molecule has 1 N–H and O–H groups in total. The zero-order valence-corrected chi connectivity index (χ0v) is 16.4. The lowest BCUT2D eigenvalue weighted by molar-refractivity contribution is -0.122. The van der Waals surface area contributed by atoms with Gasteiger partial charge >= 0.3 is 0 Å². The molecule has 0 unspecified atom stereocenters. The fourth-order valence-corrected chi connectivity index (χ4v) is 3.13. The van der Waals surface area contributed by atoms with E-state index in [9.17, 15) is 9.59 Å². The largest absolute Gasteiger partial charge is 0.348 e. The molecule has 1 atom stereocenters. The van der Waals surface area contributed by atoms with Crippen molar-refractivity contribution in [3.05, 3.63) is 57.6 Å². The Morgan fingerprint density at radius 2 is 1.81 bits per heavy atom. The standard InChI is InChI=1S/C20H25N5O2/c1-12(2)25-17-10-21-24(20(27)19(17)15(5)23-25)11-18(26)22-14(4)16-8-6-13(3)7-9-16/h6-10,12,14H,11H2,1-5H3,(H,22,26)/t14-/m0/s1. The number of carbonyl (C=O) groups excluding carboxylic acids is 1. The van der Waals surface area contributed by atoms with E-state index in [1.54, 1.807) is 17.8 Å². The zero-order chi connectivity index (χ0) is 19.7. The van der Waals surface area contributed by atoms with E-state index in [1.807, 2.05) is 52.0 Å². The SMILES string of the molecule is Cc1ccc([C@H](C)NC(=O)Cn2ncc3c(c(C)nn3C(C)C)c2=O)cc1. The highest BCUT2D eigenvalue weighted by Gasteiger charge is 2.17. The molecular formula is C20H25N5O2. The van der Waals surface area contributed by atoms with Gasteiger partial charge in [-0.1, -0.05) is 29.8 Å². The Bertz CT molecular complexity index is 1030. The van der Waals surface area contributed by atoms with E-state index in [4.69, 9.17) is 0 Å². The number of carbonyl (C=O) groups is 1. The van der Waals surface area contributed by atoms with Gasteiger partial charge in [0.1, 0.15) is 6.54 Å². The van der Waals surface area contributed by atoms with Gasteiger partial charge in [0.15, 0.2) is 0 Å². The van der Waals surface area contributed by atoms with Crippen LogP contribution in [0.3, 0.4) is 0 Å². The lowest BCUT2D eigenvalue weighted by Crippen LogP contribution is -2.35. The number of benzene rings is 1. The van der Waals surface area contributed by atoms with Crippen LogP contribution in [0.5, 0.6) is 0 Å². The molecule has 0 saturated heterocycles. The van der Waals surface area contributed by atoms with E-state index in [2.05, 4.69) is 15.5 Å². The van der Waals surface area contributed by atoms with Crippen molar-refractivity contribution in [3.8, 4) is 0 Å². The Labute approximate surface area is 158 Å². The highest BCUT2D eigenvalue weighted by Crippen LogP contribution is 2.17. The van der Waals surface area contributed by atoms with E-state index in [0.717, 1.165) is 5.56 Å². The lowest BCUT2D eigenvalue weighted by Gasteiger charge is -2.15. The predicted octanol–water partition coefficient (Wildman–Crippen LogP) is 2.67. The van der Waals surface area contributed by atoms with E-state index >= 15 is 0 Å². The number of nitrogens with zero attached hydrogens (tertiary/aromatic N) is 4. The predicted molar refractivity (Wildman–Crippen MR) is 105 cm³/mol. The quantitative estimate of drug-likeness (QED) is 0.752. The van der Waals surface area contributed by atoms with E-state index in [1.165, 1.54) is 10.2 Å². The van der Waals surface area contributed by atoms with Crippen molar-refractivity contribution in [1.29, 1.82) is 0 Å². The second kappa shape index (κ2) is 7.34. The average molecular weight is 367 g/mol. The fourth-order valence-electron chi connectivity index (χ4n) is 3.13. The molecule has 7 heteroatoms. The summed E-state index contributed by atoms with van der Waals surface area (Å²) < 4.78 is 2.97. The Morgan fingerprint density at radius 1 is 1.15 bits per heavy atom. The minimum absolute atomic E-state index is 0.122. The number of hydrogen-bond donors (Lipinski definition) is 1. The van der Waals surface area contributed by atoms with Crippen molar-refractivity contribution in [2.75, 3.05) is 0 Å². The molecule has 0 spiro atoms. The summed E-state index contributed by atoms with van der Waals surface area (Å²) in [6.07, 6.45) is 1.60. The van der Waals surface area contributed by atoms with Crippen LogP contribution in [0.25, 0.3) is 10.9 Å². The molecule has 0 saturated carbocycles. The number of amides is 1. The highest BCUT2D eigenvalue weighted by atomic mass is 16.2. The Kier molecular flexibility index (Phi) is 5.12. The summed E-state index contributed by atoms with van der Waals surface area (Å²) in [6, 6.07) is 7.96. The molecule has 0 fully saturated rings. The highest BCUT2D eigenvalue weighted by molar-refractivity contribution is 5.81. The van der Waals surface area contributed by atoms with Gasteiger partial charge in [-0.2, -0.15) is 10.2 Å². The second-order valence-electron chi connectivity index (χ2n) is 7.19. The second-order valence-corrected chi connectivity index (χ2v) is 7.19. The number of aromatic nitrogens is 4. The van der Waals surface area contributed by atoms with Gasteiger partial charge in [-0.15, -0.1) is 0 Å². The van der Waals surface area contributed by atoms with Crippen molar-refractivity contribution in [2.45, 2.75) is 53.2 Å². The summed E-state index contributed by atoms with van der Waals surface area (Å²) in [5.74, 6) is -0.258. The summed E-state index contributed by atoms with van der Waals surface area (Å²) in [5, 5.41) is 12.0. The van der Waals surface area contributed by atoms with Gasteiger partial charge in [0.25, 0.3) is 5.56 Å². The molecular weight excluding hydrogens is 342 g/mol. The van der Waals surface area contributed by atoms with Crippen LogP contribution in [0.2, 0.25) is 0 Å². The summed E-state index contributed by atoms with van der Waals surface area (Å²) in [4.78, 5) is 25.2. The first-order valence-electron chi connectivity index (χ1n) is 9.08. The molecule has 27 heavy (non-hydrogen) atoms. The van der Waals surface area contributed by atoms with Gasteiger partial charge < -0.3 is 5.32 Å². The van der Waals surface area contributed by atoms with Crippen LogP contribution in [0, 0.1) is 13.8 Å². The average Bonchev–Trinajstić information content (AvgIpc) is 2.95. The van der Waals surface area contributed by atoms with Crippen molar-refractivity contribution < 1.29 is 4.79 Å². The number of fused-ring (bicyclic) bond motifs is 1. The third kappa shape index (κ3) is 3.77. The molecule has 3 rings (SSSR count). The van der Waals surface area contributed by atoms with Crippen LogP contribution >= 0.6 is 0 Å². The first kappa shape index (κ1) is 18.8. The number of aryl methyl sites for hydroxylation is 2. The molecule has 3 aromatic rings. The van der Waals surface area contributed by atoms with Crippen LogP contribution < -0.4 is 10.9 Å². The first-order valence-corrected chi connectivity index (χ1v) is 9.08. The third-order valence-corrected chi connectivity index (χ3v) is 4.63. The number of hydrogen-bond acceptors (Lipinski definition) is 4. The lowest BCUT2D eigenvalue weighted by atomic mass is 10.1. The third-order valence-electron chi connectivity index (χ3n) is 4.63. The summed E-state index contributed by atoms with van der Waals surface area (Å²) in [5.41, 5.74) is 3.22. The minimum atomic E-state index is -0.296. The Hall–Kier alpha value is -2.96. The molecule has 142 valence electrons. The molecule has 1 amide bonds. The topological polar surface area (TPSA) is 81.8 Å². The molecule has 2 heterocycles. The molecule has 0 aliphatic rings. The van der Waals surface area contributed by atoms with E-state index < -0.39 is 0 Å². The molecule has 0 aliphatic carbocycles. The normalized spacial score (nSPS) is 12.5. The van der Waals surface area contributed by atoms with Crippen molar-refractivity contribution in [1.82, 2.24) is 24.9 Å². The summed E-state index contributed by atoms with van der Waals surface area (Å²) in [7, 11) is 0. The van der Waals surface area contributed by atoms with Crippen molar-refractivity contribution >= 4 is 16.8 Å². The van der Waals surface area contributed by atoms with Gasteiger partial charge in [0.2, 0.25) is 5.91 Å². The van der Waals surface area contributed by atoms with Gasteiger partial charge in [0, 0.05) is 6.04 Å². The smallest absolute Gasteiger partial charge is 0.278 e. The first-order chi connectivity index (χ1) is 12.8. The molecule has 0 bridgehead atoms. The maximum Gasteiger partial charge on any atom is 0.278 e. The van der Waals surface area contributed by atoms with Crippen molar-refractivity contribution in [2.24, 2.45) is 0 Å². The Morgan fingerprint density at radius 3 is 2.44 bits per heavy atom. The van der Waals surface area contributed by atoms with E-state index in [0.29, 0.717) is 16.6 Å². The van der Waals surface area contributed by atoms with Crippen molar-refractivity contribution in [3.63, 3.8) is 0 Å². The van der Waals surface area contributed by atoms with Crippen LogP contribution in [0.15, 0.2) is 35.3 Å². The fraction of sp³-hybridized carbons (Fsp3) is 0.400. The van der Waals surface area contributed by atoms with Crippen LogP contribution in [0.1, 0.15) is 49.7 Å². The van der Waals surface area contributed by atoms with Gasteiger partial charge in [-0.3, -0.25) is 14.3 Å². The van der Waals surface area contributed by atoms with Gasteiger partial charge in [0.05, 0.1) is 28.8 Å². The summed E-state index contributed by atoms with van der Waals surface area (Å²) in [6.45, 7) is 9.60. The number of nitrogens with one attached hydrogen (secondary N) is 1. The molecule has 1 aromatic carbocycles. The molecule has 0 radical (unpaired) electrons. The zero-order valence-electron chi connectivity index (χ0n) is 16.4. The maximum atomic E-state index is 12.8. The van der Waals surface area contributed by atoms with Crippen LogP contribution in [0.4, 0.5) is 0 Å². The maximum absolute atomic E-state index is 12.8. The van der Waals surface area contributed by atoms with E-state index in [-0.39, 0.29) is 30.1 Å². The monoisotopic (exact) mass is 367 g/mol. The molecule has 7 nitrogen and oxygen atoms in total. The molecule has 0 aliphatic heterocycles. The van der Waals surface area contributed by atoms with Crippen LogP contribution in [-0.4, -0.2) is 25.5 Å². The minimum Gasteiger partial charge on any atom is -0.348 e. The van der Waals surface area contributed by atoms with Crippen LogP contribution in [-0.2, 0) is 11.3 Å². The number of rotatable bonds is 5. The van der Waals surface area contributed by atoms with Gasteiger partial charge in [-0.25, -0.2) is 4.68 Å². The Balaban J connectivity index is 1.81. The van der Waals surface area contributed by atoms with Gasteiger partial charge in [-0.05, 0) is 40.2 Å². The summed E-state index contributed by atoms with van der Waals surface area (Å²) >= 11 is 0.